The molecule has 15 heavy (non-hydrogen) atoms. The molecular formula is C11H12FN3. The van der Waals surface area contributed by atoms with Crippen LogP contribution in [-0.2, 0) is 6.54 Å². The largest absolute Gasteiger partial charge is 0.384 e. The van der Waals surface area contributed by atoms with Gasteiger partial charge in [0.25, 0.3) is 0 Å². The average molecular weight is 205 g/mol. The number of rotatable bonds is 2. The lowest BCUT2D eigenvalue weighted by atomic mass is 10.1. The molecule has 0 saturated heterocycles. The minimum Gasteiger partial charge on any atom is -0.384 e. The predicted octanol–water partition coefficient (Wildman–Crippen LogP) is 1.96. The van der Waals surface area contributed by atoms with Crippen molar-refractivity contribution >= 4 is 5.82 Å². The fraction of sp³-hybridized carbons (Fsp3) is 0.182. The fourth-order valence-corrected chi connectivity index (χ4v) is 1.38. The zero-order valence-corrected chi connectivity index (χ0v) is 8.44. The van der Waals surface area contributed by atoms with E-state index in [2.05, 4.69) is 5.10 Å². The van der Waals surface area contributed by atoms with E-state index in [1.54, 1.807) is 29.9 Å². The van der Waals surface area contributed by atoms with Crippen LogP contribution in [0.15, 0.2) is 30.5 Å². The second-order valence-electron chi connectivity index (χ2n) is 3.50. The molecule has 0 spiro atoms. The zero-order valence-electron chi connectivity index (χ0n) is 8.44. The lowest BCUT2D eigenvalue weighted by Gasteiger charge is -2.05. The number of aromatic nitrogens is 2. The lowest BCUT2D eigenvalue weighted by Crippen LogP contribution is -2.05. The molecule has 1 heterocycles. The Kier molecular flexibility index (Phi) is 2.41. The topological polar surface area (TPSA) is 43.8 Å². The molecule has 1 aromatic heterocycles. The van der Waals surface area contributed by atoms with Crippen LogP contribution in [-0.4, -0.2) is 9.78 Å². The molecule has 3 nitrogen and oxygen atoms in total. The number of nitrogens with zero attached hydrogens (tertiary/aromatic N) is 2. The van der Waals surface area contributed by atoms with Crippen LogP contribution in [0.2, 0.25) is 0 Å². The van der Waals surface area contributed by atoms with E-state index in [-0.39, 0.29) is 5.82 Å². The molecule has 0 radical (unpaired) electrons. The van der Waals surface area contributed by atoms with Gasteiger partial charge < -0.3 is 5.73 Å². The molecule has 4 heteroatoms. The van der Waals surface area contributed by atoms with Crippen molar-refractivity contribution in [3.05, 3.63) is 47.4 Å². The van der Waals surface area contributed by atoms with Gasteiger partial charge in [0.05, 0.1) is 12.7 Å². The van der Waals surface area contributed by atoms with Crippen molar-refractivity contribution in [2.45, 2.75) is 13.5 Å². The van der Waals surface area contributed by atoms with Gasteiger partial charge in [-0.25, -0.2) is 9.07 Å². The van der Waals surface area contributed by atoms with Gasteiger partial charge >= 0.3 is 0 Å². The highest BCUT2D eigenvalue weighted by Gasteiger charge is 2.02. The molecule has 78 valence electrons. The predicted molar refractivity (Wildman–Crippen MR) is 56.9 cm³/mol. The molecule has 0 fully saturated rings. The van der Waals surface area contributed by atoms with Gasteiger partial charge in [-0.05, 0) is 30.2 Å². The van der Waals surface area contributed by atoms with Crippen LogP contribution in [0.1, 0.15) is 11.1 Å². The summed E-state index contributed by atoms with van der Waals surface area (Å²) in [5.41, 5.74) is 7.16. The van der Waals surface area contributed by atoms with E-state index in [0.717, 1.165) is 5.56 Å². The van der Waals surface area contributed by atoms with E-state index in [4.69, 9.17) is 5.73 Å². The Morgan fingerprint density at radius 1 is 1.40 bits per heavy atom. The summed E-state index contributed by atoms with van der Waals surface area (Å²) in [6.45, 7) is 2.23. The monoisotopic (exact) mass is 205 g/mol. The Morgan fingerprint density at radius 3 is 2.80 bits per heavy atom. The number of hydrogen-bond acceptors (Lipinski definition) is 2. The summed E-state index contributed by atoms with van der Waals surface area (Å²) in [4.78, 5) is 0. The van der Waals surface area contributed by atoms with Crippen LogP contribution in [0, 0.1) is 12.7 Å². The Hall–Kier alpha value is -1.84. The van der Waals surface area contributed by atoms with Crippen LogP contribution in [0.4, 0.5) is 10.2 Å². The smallest absolute Gasteiger partial charge is 0.126 e. The summed E-state index contributed by atoms with van der Waals surface area (Å²) in [7, 11) is 0. The van der Waals surface area contributed by atoms with Crippen LogP contribution < -0.4 is 5.73 Å². The second kappa shape index (κ2) is 3.73. The van der Waals surface area contributed by atoms with Crippen molar-refractivity contribution in [1.82, 2.24) is 9.78 Å². The van der Waals surface area contributed by atoms with E-state index in [1.807, 2.05) is 6.07 Å². The summed E-state index contributed by atoms with van der Waals surface area (Å²) >= 11 is 0. The van der Waals surface area contributed by atoms with Crippen molar-refractivity contribution in [3.63, 3.8) is 0 Å². The second-order valence-corrected chi connectivity index (χ2v) is 3.50. The first-order chi connectivity index (χ1) is 7.16. The molecule has 0 saturated carbocycles. The molecule has 2 rings (SSSR count). The highest BCUT2D eigenvalue weighted by atomic mass is 19.1. The number of nitrogens with two attached hydrogens (primary N) is 1. The molecule has 0 atom stereocenters. The molecule has 0 aliphatic rings. The van der Waals surface area contributed by atoms with Crippen molar-refractivity contribution in [3.8, 4) is 0 Å². The zero-order chi connectivity index (χ0) is 10.8. The van der Waals surface area contributed by atoms with E-state index >= 15 is 0 Å². The van der Waals surface area contributed by atoms with Crippen LogP contribution in [0.5, 0.6) is 0 Å². The number of nitrogen functional groups attached to an aromatic ring is 1. The minimum atomic E-state index is -0.196. The van der Waals surface area contributed by atoms with Crippen molar-refractivity contribution in [1.29, 1.82) is 0 Å². The molecule has 0 unspecified atom stereocenters. The van der Waals surface area contributed by atoms with Gasteiger partial charge in [0.15, 0.2) is 0 Å². The molecular weight excluding hydrogens is 193 g/mol. The molecule has 0 aliphatic heterocycles. The highest BCUT2D eigenvalue weighted by molar-refractivity contribution is 5.29. The maximum atomic E-state index is 13.2. The maximum Gasteiger partial charge on any atom is 0.126 e. The van der Waals surface area contributed by atoms with Gasteiger partial charge in [-0.15, -0.1) is 0 Å². The molecule has 2 aromatic rings. The summed E-state index contributed by atoms with van der Waals surface area (Å²) in [6, 6.07) is 6.85. The van der Waals surface area contributed by atoms with Crippen LogP contribution >= 0.6 is 0 Å². The van der Waals surface area contributed by atoms with Crippen LogP contribution in [0.3, 0.4) is 0 Å². The van der Waals surface area contributed by atoms with Gasteiger partial charge in [-0.1, -0.05) is 12.1 Å². The number of aryl methyl sites for hydroxylation is 1. The van der Waals surface area contributed by atoms with Crippen molar-refractivity contribution in [2.75, 3.05) is 5.73 Å². The SMILES string of the molecule is Cc1ccc(Cn2nccc2N)cc1F. The van der Waals surface area contributed by atoms with E-state index < -0.39 is 0 Å². The van der Waals surface area contributed by atoms with Crippen molar-refractivity contribution in [2.24, 2.45) is 0 Å². The minimum absolute atomic E-state index is 0.196. The van der Waals surface area contributed by atoms with E-state index in [0.29, 0.717) is 17.9 Å². The number of halogens is 1. The van der Waals surface area contributed by atoms with Gasteiger partial charge in [-0.3, -0.25) is 0 Å². The fourth-order valence-electron chi connectivity index (χ4n) is 1.38. The van der Waals surface area contributed by atoms with Crippen molar-refractivity contribution < 1.29 is 4.39 Å². The first kappa shape index (κ1) is 9.71. The van der Waals surface area contributed by atoms with Gasteiger partial charge in [0.1, 0.15) is 11.6 Å². The molecule has 0 bridgehead atoms. The summed E-state index contributed by atoms with van der Waals surface area (Å²) in [5, 5.41) is 4.03. The Labute approximate surface area is 87.3 Å². The first-order valence-corrected chi connectivity index (χ1v) is 4.69. The third-order valence-electron chi connectivity index (χ3n) is 2.32. The quantitative estimate of drug-likeness (QED) is 0.814. The summed E-state index contributed by atoms with van der Waals surface area (Å²) in [5.74, 6) is 0.384. The molecule has 2 N–H and O–H groups in total. The summed E-state index contributed by atoms with van der Waals surface area (Å²) < 4.78 is 14.9. The van der Waals surface area contributed by atoms with E-state index in [1.165, 1.54) is 6.07 Å². The third-order valence-corrected chi connectivity index (χ3v) is 2.32. The Morgan fingerprint density at radius 2 is 2.20 bits per heavy atom. The average Bonchev–Trinajstić information content (AvgIpc) is 2.59. The van der Waals surface area contributed by atoms with Gasteiger partial charge in [0, 0.05) is 0 Å². The van der Waals surface area contributed by atoms with Gasteiger partial charge in [-0.2, -0.15) is 5.10 Å². The maximum absolute atomic E-state index is 13.2. The molecule has 1 aromatic carbocycles. The number of benzene rings is 1. The summed E-state index contributed by atoms with van der Waals surface area (Å²) in [6.07, 6.45) is 1.62. The Balaban J connectivity index is 2.25. The normalized spacial score (nSPS) is 10.5. The first-order valence-electron chi connectivity index (χ1n) is 4.69. The molecule has 0 amide bonds. The molecule has 0 aliphatic carbocycles. The standard InChI is InChI=1S/C11H12FN3/c1-8-2-3-9(6-10(8)12)7-15-11(13)4-5-14-15/h2-6H,7,13H2,1H3. The third kappa shape index (κ3) is 1.98. The Bertz CT molecular complexity index is 476. The highest BCUT2D eigenvalue weighted by Crippen LogP contribution is 2.11. The van der Waals surface area contributed by atoms with Crippen LogP contribution in [0.25, 0.3) is 0 Å². The lowest BCUT2D eigenvalue weighted by molar-refractivity contribution is 0.611. The number of anilines is 1. The number of hydrogen-bond donors (Lipinski definition) is 1. The van der Waals surface area contributed by atoms with Gasteiger partial charge in [0.2, 0.25) is 0 Å². The van der Waals surface area contributed by atoms with E-state index in [9.17, 15) is 4.39 Å².